The number of aliphatic imine (C=N–C) groups is 1. The minimum atomic E-state index is -0.0216. The Morgan fingerprint density at radius 2 is 1.93 bits per heavy atom. The Morgan fingerprint density at radius 3 is 2.62 bits per heavy atom. The normalized spacial score (nSPS) is 15.6. The smallest absolute Gasteiger partial charge is 0.156 e. The quantitative estimate of drug-likeness (QED) is 0.588. The summed E-state index contributed by atoms with van der Waals surface area (Å²) < 4.78 is 6.27. The van der Waals surface area contributed by atoms with Crippen LogP contribution in [0.5, 0.6) is 5.75 Å². The Labute approximate surface area is 178 Å². The van der Waals surface area contributed by atoms with E-state index in [2.05, 4.69) is 44.0 Å². The highest BCUT2D eigenvalue weighted by Crippen LogP contribution is 2.41. The predicted octanol–water partition coefficient (Wildman–Crippen LogP) is 4.72. The number of halogens is 1. The van der Waals surface area contributed by atoms with Gasteiger partial charge in [-0.15, -0.1) is 0 Å². The van der Waals surface area contributed by atoms with Gasteiger partial charge in [-0.1, -0.05) is 46.3 Å². The third-order valence-electron chi connectivity index (χ3n) is 4.97. The zero-order chi connectivity index (χ0) is 20.2. The van der Waals surface area contributed by atoms with Gasteiger partial charge < -0.3 is 14.7 Å². The molecule has 0 saturated carbocycles. The first kappa shape index (κ1) is 19.6. The van der Waals surface area contributed by atoms with Gasteiger partial charge in [-0.25, -0.2) is 9.98 Å². The average Bonchev–Trinajstić information content (AvgIpc) is 2.77. The van der Waals surface area contributed by atoms with E-state index < -0.39 is 0 Å². The lowest BCUT2D eigenvalue weighted by atomic mass is 9.93. The van der Waals surface area contributed by atoms with Gasteiger partial charge in [-0.2, -0.15) is 0 Å². The first-order valence-corrected chi connectivity index (χ1v) is 10.3. The average molecular weight is 452 g/mol. The van der Waals surface area contributed by atoms with Crippen molar-refractivity contribution in [2.24, 2.45) is 4.99 Å². The van der Waals surface area contributed by atoms with Crippen molar-refractivity contribution in [3.8, 4) is 5.75 Å². The summed E-state index contributed by atoms with van der Waals surface area (Å²) in [7, 11) is 1.63. The Hall–Kier alpha value is -2.70. The molecule has 4 rings (SSSR count). The lowest BCUT2D eigenvalue weighted by molar-refractivity contribution is 0.254. The van der Waals surface area contributed by atoms with E-state index in [-0.39, 0.29) is 12.6 Å². The monoisotopic (exact) mass is 451 g/mol. The molecule has 0 spiro atoms. The number of aromatic nitrogens is 1. The molecule has 0 unspecified atom stereocenters. The third kappa shape index (κ3) is 4.04. The zero-order valence-corrected chi connectivity index (χ0v) is 17.7. The number of aliphatic hydroxyl groups excluding tert-OH is 1. The summed E-state index contributed by atoms with van der Waals surface area (Å²) in [6.45, 7) is 0.779. The maximum absolute atomic E-state index is 9.51. The van der Waals surface area contributed by atoms with Crippen LogP contribution in [-0.2, 0) is 0 Å². The molecule has 1 aliphatic rings. The summed E-state index contributed by atoms with van der Waals surface area (Å²) in [6.07, 6.45) is 2.35. The van der Waals surface area contributed by atoms with Crippen LogP contribution >= 0.6 is 15.9 Å². The van der Waals surface area contributed by atoms with Gasteiger partial charge in [-0.3, -0.25) is 0 Å². The number of nitrogens with zero attached hydrogens (tertiary/aromatic N) is 3. The van der Waals surface area contributed by atoms with E-state index in [9.17, 15) is 5.11 Å². The highest BCUT2D eigenvalue weighted by Gasteiger charge is 2.32. The van der Waals surface area contributed by atoms with Crippen molar-refractivity contribution in [1.82, 2.24) is 9.88 Å². The second kappa shape index (κ2) is 8.76. The van der Waals surface area contributed by atoms with Crippen molar-refractivity contribution < 1.29 is 9.84 Å². The summed E-state index contributed by atoms with van der Waals surface area (Å²) >= 11 is 3.61. The Bertz CT molecular complexity index is 1010. The first-order valence-electron chi connectivity index (χ1n) is 9.52. The van der Waals surface area contributed by atoms with Crippen LogP contribution in [0.2, 0.25) is 0 Å². The zero-order valence-electron chi connectivity index (χ0n) is 16.1. The van der Waals surface area contributed by atoms with Crippen molar-refractivity contribution in [3.05, 3.63) is 88.2 Å². The van der Waals surface area contributed by atoms with Gasteiger partial charge in [0.1, 0.15) is 11.4 Å². The highest BCUT2D eigenvalue weighted by molar-refractivity contribution is 9.10. The van der Waals surface area contributed by atoms with Crippen molar-refractivity contribution in [2.45, 2.75) is 12.5 Å². The van der Waals surface area contributed by atoms with Crippen LogP contribution in [0.3, 0.4) is 0 Å². The number of pyridine rings is 1. The predicted molar refractivity (Wildman–Crippen MR) is 118 cm³/mol. The summed E-state index contributed by atoms with van der Waals surface area (Å²) in [5.74, 6) is 1.50. The van der Waals surface area contributed by atoms with E-state index in [0.29, 0.717) is 18.7 Å². The van der Waals surface area contributed by atoms with E-state index >= 15 is 0 Å². The number of hydrogen-bond acceptors (Lipinski definition) is 5. The van der Waals surface area contributed by atoms with Crippen LogP contribution < -0.4 is 4.74 Å². The van der Waals surface area contributed by atoms with Crippen molar-refractivity contribution >= 4 is 27.5 Å². The second-order valence-electron chi connectivity index (χ2n) is 6.81. The number of aliphatic hydroxyl groups is 1. The molecule has 1 N–H and O–H groups in total. The summed E-state index contributed by atoms with van der Waals surface area (Å²) in [6, 6.07) is 20.3. The number of rotatable bonds is 6. The van der Waals surface area contributed by atoms with E-state index in [4.69, 9.17) is 9.73 Å². The van der Waals surface area contributed by atoms with Gasteiger partial charge in [0.05, 0.1) is 25.0 Å². The van der Waals surface area contributed by atoms with Crippen LogP contribution in [0.1, 0.15) is 29.3 Å². The van der Waals surface area contributed by atoms with Crippen molar-refractivity contribution in [2.75, 3.05) is 20.3 Å². The molecule has 0 bridgehead atoms. The van der Waals surface area contributed by atoms with E-state index in [0.717, 1.165) is 27.3 Å². The Balaban J connectivity index is 1.89. The molecule has 5 nitrogen and oxygen atoms in total. The minimum Gasteiger partial charge on any atom is -0.495 e. The molecule has 0 saturated heterocycles. The molecule has 1 atom stereocenters. The van der Waals surface area contributed by atoms with Gasteiger partial charge in [-0.05, 0) is 42.3 Å². The van der Waals surface area contributed by atoms with E-state index in [1.807, 2.05) is 42.5 Å². The van der Waals surface area contributed by atoms with Crippen molar-refractivity contribution in [3.63, 3.8) is 0 Å². The summed E-state index contributed by atoms with van der Waals surface area (Å²) in [5.41, 5.74) is 4.00. The molecule has 1 aliphatic heterocycles. The molecular weight excluding hydrogens is 430 g/mol. The third-order valence-corrected chi connectivity index (χ3v) is 5.46. The number of ether oxygens (including phenoxy) is 1. The van der Waals surface area contributed by atoms with Gasteiger partial charge >= 0.3 is 0 Å². The molecule has 6 heteroatoms. The lowest BCUT2D eigenvalue weighted by Crippen LogP contribution is -2.39. The van der Waals surface area contributed by atoms with Gasteiger partial charge in [0.2, 0.25) is 0 Å². The maximum Gasteiger partial charge on any atom is 0.156 e. The highest BCUT2D eigenvalue weighted by atomic mass is 79.9. The number of methoxy groups -OCH3 is 1. The number of amidine groups is 1. The summed E-state index contributed by atoms with van der Waals surface area (Å²) in [4.78, 5) is 11.8. The Morgan fingerprint density at radius 1 is 1.10 bits per heavy atom. The molecule has 148 valence electrons. The maximum atomic E-state index is 9.51. The minimum absolute atomic E-state index is 0.0216. The molecule has 0 amide bonds. The molecule has 0 radical (unpaired) electrons. The fraction of sp³-hybridized carbons (Fsp3) is 0.217. The van der Waals surface area contributed by atoms with Crippen LogP contribution in [0.15, 0.2) is 76.3 Å². The fourth-order valence-electron chi connectivity index (χ4n) is 3.62. The van der Waals surface area contributed by atoms with Crippen LogP contribution in [-0.4, -0.2) is 41.1 Å². The summed E-state index contributed by atoms with van der Waals surface area (Å²) in [5, 5.41) is 9.51. The van der Waals surface area contributed by atoms with Crippen LogP contribution in [0.25, 0.3) is 0 Å². The van der Waals surface area contributed by atoms with Crippen LogP contribution in [0, 0.1) is 0 Å². The molecule has 2 heterocycles. The van der Waals surface area contributed by atoms with Gasteiger partial charge in [0.15, 0.2) is 5.84 Å². The van der Waals surface area contributed by atoms with Crippen LogP contribution in [0.4, 0.5) is 5.69 Å². The number of fused-ring (bicyclic) bond motifs is 1. The SMILES string of the molecule is COc1ccc(C2=Nc3ccc(Br)cc3[C@@H](c3ccccc3)N2CCCO)nc1. The molecule has 0 fully saturated rings. The largest absolute Gasteiger partial charge is 0.495 e. The molecule has 0 aliphatic carbocycles. The molecule has 2 aromatic carbocycles. The van der Waals surface area contributed by atoms with E-state index in [1.54, 1.807) is 13.3 Å². The fourth-order valence-corrected chi connectivity index (χ4v) is 4.00. The van der Waals surface area contributed by atoms with Crippen molar-refractivity contribution in [1.29, 1.82) is 0 Å². The first-order chi connectivity index (χ1) is 14.2. The molecule has 3 aromatic rings. The standard InChI is InChI=1S/C23H22BrN3O2/c1-29-18-9-11-21(25-15-18)23-26-20-10-8-17(24)14-19(20)22(27(23)12-5-13-28)16-6-3-2-4-7-16/h2-4,6-11,14-15,22,28H,5,12-13H2,1H3/t22-/m1/s1. The van der Waals surface area contributed by atoms with E-state index in [1.165, 1.54) is 5.56 Å². The second-order valence-corrected chi connectivity index (χ2v) is 7.72. The lowest BCUT2D eigenvalue weighted by Gasteiger charge is -2.38. The van der Waals surface area contributed by atoms with Gasteiger partial charge in [0, 0.05) is 23.2 Å². The van der Waals surface area contributed by atoms with Gasteiger partial charge in [0.25, 0.3) is 0 Å². The molecule has 1 aromatic heterocycles. The number of hydrogen-bond donors (Lipinski definition) is 1. The number of benzene rings is 2. The Kier molecular flexibility index (Phi) is 5.92. The molecular formula is C23H22BrN3O2. The molecule has 29 heavy (non-hydrogen) atoms. The topological polar surface area (TPSA) is 58.0 Å².